The van der Waals surface area contributed by atoms with Crippen LogP contribution in [0.25, 0.3) is 0 Å². The topological polar surface area (TPSA) is 78.9 Å². The van der Waals surface area contributed by atoms with E-state index < -0.39 is 6.10 Å². The van der Waals surface area contributed by atoms with Gasteiger partial charge in [0, 0.05) is 19.3 Å². The molecule has 0 aliphatic carbocycles. The zero-order chi connectivity index (χ0) is 57.1. The Kier molecular flexibility index (Phi) is 62.3. The van der Waals surface area contributed by atoms with Gasteiger partial charge in [-0.05, 0) is 135 Å². The largest absolute Gasteiger partial charge is 0.462 e. The van der Waals surface area contributed by atoms with Crippen LogP contribution >= 0.6 is 0 Å². The molecule has 0 N–H and O–H groups in total. The molecule has 0 aliphatic heterocycles. The van der Waals surface area contributed by atoms with Crippen LogP contribution in [0.15, 0.2) is 134 Å². The second kappa shape index (κ2) is 66.1. The molecule has 0 aliphatic rings. The molecule has 1 atom stereocenters. The Bertz CT molecular complexity index is 1680. The van der Waals surface area contributed by atoms with Crippen LogP contribution in [0, 0.1) is 0 Å². The Hall–Kier alpha value is -4.45. The van der Waals surface area contributed by atoms with E-state index in [0.29, 0.717) is 12.8 Å². The zero-order valence-electron chi connectivity index (χ0n) is 51.3. The number of carbonyl (C=O) groups is 3. The lowest BCUT2D eigenvalue weighted by atomic mass is 10.0. The number of allylic oxidation sites excluding steroid dienone is 22. The summed E-state index contributed by atoms with van der Waals surface area (Å²) in [6.07, 6.45) is 93.2. The molecule has 0 heterocycles. The lowest BCUT2D eigenvalue weighted by Crippen LogP contribution is -2.30. The van der Waals surface area contributed by atoms with Gasteiger partial charge in [0.15, 0.2) is 6.10 Å². The number of rotatable bonds is 58. The number of carbonyl (C=O) groups excluding carboxylic acids is 3. The van der Waals surface area contributed by atoms with Crippen molar-refractivity contribution in [2.75, 3.05) is 13.2 Å². The first-order valence-corrected chi connectivity index (χ1v) is 32.7. The second-order valence-corrected chi connectivity index (χ2v) is 21.3. The summed E-state index contributed by atoms with van der Waals surface area (Å²) in [7, 11) is 0. The zero-order valence-corrected chi connectivity index (χ0v) is 51.3. The molecule has 0 aromatic heterocycles. The fourth-order valence-electron chi connectivity index (χ4n) is 8.79. The fraction of sp³-hybridized carbons (Fsp3) is 0.658. The van der Waals surface area contributed by atoms with Crippen molar-refractivity contribution in [3.8, 4) is 0 Å². The molecular formula is C73H120O6. The SMILES string of the molecule is CC/C=C\C/C=C\C/C=C\C/C=C\C/C=C\CCCCCC(=O)OC(COC(=O)CCCCCCC/C=C\C/C=C\CCCCC)COC(=O)CCCCCCCCCCCCCCCC/C=C\C/C=C\C/C=C\C/C=C\CC. The van der Waals surface area contributed by atoms with E-state index in [-0.39, 0.29) is 37.5 Å². The van der Waals surface area contributed by atoms with Crippen molar-refractivity contribution >= 4 is 17.9 Å². The number of unbranched alkanes of at least 4 members (excludes halogenated alkanes) is 25. The van der Waals surface area contributed by atoms with Gasteiger partial charge in [-0.1, -0.05) is 270 Å². The van der Waals surface area contributed by atoms with Gasteiger partial charge in [-0.3, -0.25) is 14.4 Å². The predicted octanol–water partition coefficient (Wildman–Crippen LogP) is 22.5. The average Bonchev–Trinajstić information content (AvgIpc) is 3.45. The third-order valence-corrected chi connectivity index (χ3v) is 13.6. The highest BCUT2D eigenvalue weighted by Gasteiger charge is 2.19. The minimum Gasteiger partial charge on any atom is -0.462 e. The van der Waals surface area contributed by atoms with Crippen molar-refractivity contribution < 1.29 is 28.6 Å². The van der Waals surface area contributed by atoms with E-state index in [4.69, 9.17) is 14.2 Å². The fourth-order valence-corrected chi connectivity index (χ4v) is 8.79. The van der Waals surface area contributed by atoms with Crippen molar-refractivity contribution in [2.45, 2.75) is 297 Å². The number of esters is 3. The standard InChI is InChI=1S/C73H120O6/c1-4-7-10-13-16-19-22-25-28-30-32-33-34-35-36-37-38-39-41-42-45-48-51-54-57-60-63-66-72(75)78-69-70(68-77-71(74)65-62-59-56-53-50-47-44-27-24-21-18-15-12-9-6-3)79-73(76)67-64-61-58-55-52-49-46-43-40-31-29-26-23-20-17-14-11-8-5-2/h7-8,10-11,16-21,25-29,32-33,40,43-44,49,52,70H,4-6,9,12-15,22-24,30-31,34-39,41-42,45-48,50-51,53-69H2,1-3H3/b10-7-,11-8-,19-16-,20-17-,21-18-,28-25-,29-26-,33-32-,43-40-,44-27-,52-49-. The molecule has 0 saturated carbocycles. The predicted molar refractivity (Wildman–Crippen MR) is 343 cm³/mol. The molecule has 0 aromatic carbocycles. The van der Waals surface area contributed by atoms with Crippen molar-refractivity contribution in [1.29, 1.82) is 0 Å². The Morgan fingerprint density at radius 2 is 0.494 bits per heavy atom. The molecule has 0 bridgehead atoms. The van der Waals surface area contributed by atoms with E-state index in [0.717, 1.165) is 148 Å². The molecule has 79 heavy (non-hydrogen) atoms. The van der Waals surface area contributed by atoms with Crippen LogP contribution in [0.1, 0.15) is 290 Å². The third-order valence-electron chi connectivity index (χ3n) is 13.6. The number of ether oxygens (including phenoxy) is 3. The lowest BCUT2D eigenvalue weighted by molar-refractivity contribution is -0.167. The summed E-state index contributed by atoms with van der Waals surface area (Å²) in [6, 6.07) is 0. The van der Waals surface area contributed by atoms with E-state index in [1.807, 2.05) is 0 Å². The van der Waals surface area contributed by atoms with Gasteiger partial charge in [-0.25, -0.2) is 0 Å². The lowest BCUT2D eigenvalue weighted by Gasteiger charge is -2.18. The first-order chi connectivity index (χ1) is 39.0. The van der Waals surface area contributed by atoms with Crippen LogP contribution in [0.3, 0.4) is 0 Å². The van der Waals surface area contributed by atoms with Gasteiger partial charge in [0.2, 0.25) is 0 Å². The number of hydrogen-bond donors (Lipinski definition) is 0. The molecule has 448 valence electrons. The van der Waals surface area contributed by atoms with Crippen LogP contribution < -0.4 is 0 Å². The first kappa shape index (κ1) is 74.5. The second-order valence-electron chi connectivity index (χ2n) is 21.3. The maximum absolute atomic E-state index is 12.9. The molecule has 0 saturated heterocycles. The minimum atomic E-state index is -0.807. The molecule has 1 unspecified atom stereocenters. The molecule has 6 nitrogen and oxygen atoms in total. The highest BCUT2D eigenvalue weighted by molar-refractivity contribution is 5.71. The first-order valence-electron chi connectivity index (χ1n) is 32.7. The maximum atomic E-state index is 12.9. The van der Waals surface area contributed by atoms with Gasteiger partial charge in [0.1, 0.15) is 13.2 Å². The summed E-state index contributed by atoms with van der Waals surface area (Å²) in [5.74, 6) is -0.942. The van der Waals surface area contributed by atoms with Gasteiger partial charge in [0.05, 0.1) is 0 Å². The average molecular weight is 1090 g/mol. The van der Waals surface area contributed by atoms with Crippen LogP contribution in [-0.2, 0) is 28.6 Å². The van der Waals surface area contributed by atoms with Crippen molar-refractivity contribution in [2.24, 2.45) is 0 Å². The van der Waals surface area contributed by atoms with Crippen LogP contribution in [-0.4, -0.2) is 37.2 Å². The molecule has 0 spiro atoms. The van der Waals surface area contributed by atoms with Gasteiger partial charge >= 0.3 is 17.9 Å². The molecule has 0 fully saturated rings. The van der Waals surface area contributed by atoms with Gasteiger partial charge in [-0.15, -0.1) is 0 Å². The van der Waals surface area contributed by atoms with E-state index in [9.17, 15) is 14.4 Å². The molecule has 0 rings (SSSR count). The summed E-state index contributed by atoms with van der Waals surface area (Å²) in [5.41, 5.74) is 0. The summed E-state index contributed by atoms with van der Waals surface area (Å²) < 4.78 is 16.9. The van der Waals surface area contributed by atoms with Crippen LogP contribution in [0.4, 0.5) is 0 Å². The molecule has 0 radical (unpaired) electrons. The molecular weight excluding hydrogens is 973 g/mol. The third kappa shape index (κ3) is 64.3. The smallest absolute Gasteiger partial charge is 0.306 e. The van der Waals surface area contributed by atoms with Gasteiger partial charge in [-0.2, -0.15) is 0 Å². The van der Waals surface area contributed by atoms with E-state index in [1.54, 1.807) is 0 Å². The Labute approximate surface area is 487 Å². The Balaban J connectivity index is 4.38. The van der Waals surface area contributed by atoms with Crippen LogP contribution in [0.5, 0.6) is 0 Å². The van der Waals surface area contributed by atoms with E-state index in [2.05, 4.69) is 154 Å². The van der Waals surface area contributed by atoms with Gasteiger partial charge in [0.25, 0.3) is 0 Å². The number of hydrogen-bond acceptors (Lipinski definition) is 6. The summed E-state index contributed by atoms with van der Waals surface area (Å²) in [5, 5.41) is 0. The van der Waals surface area contributed by atoms with Gasteiger partial charge < -0.3 is 14.2 Å². The molecule has 6 heteroatoms. The van der Waals surface area contributed by atoms with Crippen LogP contribution in [0.2, 0.25) is 0 Å². The summed E-state index contributed by atoms with van der Waals surface area (Å²) in [4.78, 5) is 38.4. The van der Waals surface area contributed by atoms with Crippen molar-refractivity contribution in [3.63, 3.8) is 0 Å². The molecule has 0 amide bonds. The molecule has 0 aromatic rings. The van der Waals surface area contributed by atoms with Crippen molar-refractivity contribution in [3.05, 3.63) is 134 Å². The quantitative estimate of drug-likeness (QED) is 0.0261. The minimum absolute atomic E-state index is 0.0989. The highest BCUT2D eigenvalue weighted by Crippen LogP contribution is 2.16. The van der Waals surface area contributed by atoms with E-state index in [1.165, 1.54) is 103 Å². The normalized spacial score (nSPS) is 13.0. The Morgan fingerprint density at radius 1 is 0.266 bits per heavy atom. The van der Waals surface area contributed by atoms with E-state index >= 15 is 0 Å². The summed E-state index contributed by atoms with van der Waals surface area (Å²) in [6.45, 7) is 6.36. The maximum Gasteiger partial charge on any atom is 0.306 e. The van der Waals surface area contributed by atoms with Crippen molar-refractivity contribution in [1.82, 2.24) is 0 Å². The summed E-state index contributed by atoms with van der Waals surface area (Å²) >= 11 is 0. The Morgan fingerprint density at radius 3 is 0.785 bits per heavy atom. The monoisotopic (exact) mass is 1090 g/mol. The highest BCUT2D eigenvalue weighted by atomic mass is 16.6.